The number of nitrogens with zero attached hydrogens (tertiary/aromatic N) is 2. The Morgan fingerprint density at radius 3 is 2.50 bits per heavy atom. The first-order valence-corrected chi connectivity index (χ1v) is 9.24. The van der Waals surface area contributed by atoms with Crippen LogP contribution in [0.4, 0.5) is 4.39 Å². The van der Waals surface area contributed by atoms with Crippen LogP contribution in [-0.2, 0) is 0 Å². The van der Waals surface area contributed by atoms with Gasteiger partial charge in [-0.15, -0.1) is 0 Å². The van der Waals surface area contributed by atoms with E-state index in [1.54, 1.807) is 19.2 Å². The number of fused-ring (bicyclic) bond motifs is 3. The molecule has 2 heterocycles. The van der Waals surface area contributed by atoms with Crippen molar-refractivity contribution in [3.8, 4) is 11.5 Å². The van der Waals surface area contributed by atoms with Gasteiger partial charge >= 0.3 is 0 Å². The highest BCUT2D eigenvalue weighted by molar-refractivity contribution is 6.02. The summed E-state index contributed by atoms with van der Waals surface area (Å²) >= 11 is 0. The van der Waals surface area contributed by atoms with E-state index in [-0.39, 0.29) is 11.9 Å². The molecule has 0 radical (unpaired) electrons. The molecule has 2 aliphatic rings. The van der Waals surface area contributed by atoms with Crippen molar-refractivity contribution in [1.82, 2.24) is 5.01 Å². The number of rotatable bonds is 3. The third-order valence-corrected chi connectivity index (χ3v) is 5.28. The summed E-state index contributed by atoms with van der Waals surface area (Å²) in [6, 6.07) is 22.5. The average Bonchev–Trinajstić information content (AvgIpc) is 3.20. The van der Waals surface area contributed by atoms with E-state index in [9.17, 15) is 4.39 Å². The summed E-state index contributed by atoms with van der Waals surface area (Å²) in [5.41, 5.74) is 4.05. The number of hydrogen-bond donors (Lipinski definition) is 0. The summed E-state index contributed by atoms with van der Waals surface area (Å²) in [5.74, 6) is 1.41. The highest BCUT2D eigenvalue weighted by Crippen LogP contribution is 2.47. The molecule has 5 rings (SSSR count). The first-order chi connectivity index (χ1) is 13.7. The smallest absolute Gasteiger partial charge is 0.213 e. The molecule has 0 bridgehead atoms. The molecule has 140 valence electrons. The molecular formula is C23H19FN2O2. The van der Waals surface area contributed by atoms with Crippen LogP contribution in [0, 0.1) is 5.82 Å². The predicted octanol–water partition coefficient (Wildman–Crippen LogP) is 5.08. The molecule has 28 heavy (non-hydrogen) atoms. The van der Waals surface area contributed by atoms with Gasteiger partial charge in [-0.2, -0.15) is 5.10 Å². The Kier molecular flexibility index (Phi) is 4.01. The summed E-state index contributed by atoms with van der Waals surface area (Å²) in [6.07, 6.45) is 0.390. The van der Waals surface area contributed by atoms with Crippen LogP contribution in [0.5, 0.6) is 11.5 Å². The summed E-state index contributed by atoms with van der Waals surface area (Å²) in [5, 5.41) is 6.90. The number of hydrazone groups is 1. The molecule has 2 aliphatic heterocycles. The minimum Gasteiger partial charge on any atom is -0.497 e. The lowest BCUT2D eigenvalue weighted by molar-refractivity contribution is -0.0190. The molecule has 0 aliphatic carbocycles. The number of methoxy groups -OCH3 is 1. The molecule has 0 amide bonds. The first kappa shape index (κ1) is 16.8. The van der Waals surface area contributed by atoms with Crippen molar-refractivity contribution >= 4 is 5.71 Å². The third kappa shape index (κ3) is 2.80. The molecule has 2 atom stereocenters. The third-order valence-electron chi connectivity index (χ3n) is 5.28. The summed E-state index contributed by atoms with van der Waals surface area (Å²) in [6.45, 7) is 0. The van der Waals surface area contributed by atoms with E-state index in [0.29, 0.717) is 0 Å². The van der Waals surface area contributed by atoms with Crippen molar-refractivity contribution in [2.45, 2.75) is 18.7 Å². The molecule has 4 nitrogen and oxygen atoms in total. The Bertz CT molecular complexity index is 1030. The van der Waals surface area contributed by atoms with Gasteiger partial charge in [0.15, 0.2) is 0 Å². The number of ether oxygens (including phenoxy) is 2. The topological polar surface area (TPSA) is 34.1 Å². The molecular weight excluding hydrogens is 355 g/mol. The van der Waals surface area contributed by atoms with Crippen LogP contribution in [0.25, 0.3) is 0 Å². The van der Waals surface area contributed by atoms with Crippen LogP contribution in [-0.4, -0.2) is 17.8 Å². The first-order valence-electron chi connectivity index (χ1n) is 9.24. The van der Waals surface area contributed by atoms with Gasteiger partial charge < -0.3 is 9.47 Å². The van der Waals surface area contributed by atoms with Gasteiger partial charge in [0.25, 0.3) is 0 Å². The molecule has 0 saturated carbocycles. The normalized spacial score (nSPS) is 20.1. The van der Waals surface area contributed by atoms with Crippen molar-refractivity contribution in [3.63, 3.8) is 0 Å². The standard InChI is InChI=1S/C23H19FN2O2/c1-27-18-12-8-15(9-13-18)20-14-21-19-4-2-3-5-22(19)28-23(26(21)25-20)16-6-10-17(24)11-7-16/h2-13,21,23H,14H2,1H3/t21-,23+/m1/s1. The average molecular weight is 374 g/mol. The Balaban J connectivity index is 1.56. The fraction of sp³-hybridized carbons (Fsp3) is 0.174. The number of para-hydroxylation sites is 1. The van der Waals surface area contributed by atoms with E-state index in [1.807, 2.05) is 47.5 Å². The molecule has 0 fully saturated rings. The molecule has 3 aromatic carbocycles. The maximum Gasteiger partial charge on any atom is 0.213 e. The van der Waals surface area contributed by atoms with Crippen LogP contribution < -0.4 is 9.47 Å². The zero-order chi connectivity index (χ0) is 19.1. The molecule has 0 aromatic heterocycles. The SMILES string of the molecule is COc1ccc(C2=NN3[C@H](C2)c2ccccc2O[C@H]3c2ccc(F)cc2)cc1. The van der Waals surface area contributed by atoms with Crippen LogP contribution in [0.15, 0.2) is 77.9 Å². The van der Waals surface area contributed by atoms with Crippen molar-refractivity contribution in [2.75, 3.05) is 7.11 Å². The molecule has 0 N–H and O–H groups in total. The summed E-state index contributed by atoms with van der Waals surface area (Å²) in [4.78, 5) is 0. The van der Waals surface area contributed by atoms with Gasteiger partial charge in [-0.05, 0) is 48.0 Å². The molecule has 3 aromatic rings. The Hall–Kier alpha value is -3.34. The molecule has 0 spiro atoms. The Labute approximate surface area is 162 Å². The minimum atomic E-state index is -0.392. The van der Waals surface area contributed by atoms with E-state index >= 15 is 0 Å². The quantitative estimate of drug-likeness (QED) is 0.641. The Morgan fingerprint density at radius 1 is 1.00 bits per heavy atom. The fourth-order valence-corrected chi connectivity index (χ4v) is 3.84. The van der Waals surface area contributed by atoms with Crippen molar-refractivity contribution in [2.24, 2.45) is 5.10 Å². The zero-order valence-electron chi connectivity index (χ0n) is 15.4. The van der Waals surface area contributed by atoms with E-state index in [0.717, 1.165) is 40.3 Å². The second-order valence-electron chi connectivity index (χ2n) is 6.93. The van der Waals surface area contributed by atoms with Crippen molar-refractivity contribution in [3.05, 3.63) is 95.3 Å². The van der Waals surface area contributed by atoms with Crippen molar-refractivity contribution < 1.29 is 13.9 Å². The van der Waals surface area contributed by atoms with Crippen LogP contribution in [0.2, 0.25) is 0 Å². The zero-order valence-corrected chi connectivity index (χ0v) is 15.4. The molecule has 5 heteroatoms. The second kappa shape index (κ2) is 6.68. The van der Waals surface area contributed by atoms with E-state index in [1.165, 1.54) is 12.1 Å². The fourth-order valence-electron chi connectivity index (χ4n) is 3.84. The van der Waals surface area contributed by atoms with Gasteiger partial charge in [-0.3, -0.25) is 0 Å². The lowest BCUT2D eigenvalue weighted by Crippen LogP contribution is -2.33. The van der Waals surface area contributed by atoms with Gasteiger partial charge in [-0.25, -0.2) is 9.40 Å². The minimum absolute atomic E-state index is 0.0807. The number of halogens is 1. The monoisotopic (exact) mass is 374 g/mol. The summed E-state index contributed by atoms with van der Waals surface area (Å²) in [7, 11) is 1.66. The largest absolute Gasteiger partial charge is 0.497 e. The van der Waals surface area contributed by atoms with Crippen molar-refractivity contribution in [1.29, 1.82) is 0 Å². The summed E-state index contributed by atoms with van der Waals surface area (Å²) < 4.78 is 24.9. The van der Waals surface area contributed by atoms with Gasteiger partial charge in [-0.1, -0.05) is 30.3 Å². The predicted molar refractivity (Wildman–Crippen MR) is 105 cm³/mol. The maximum atomic E-state index is 13.4. The van der Waals surface area contributed by atoms with E-state index < -0.39 is 6.23 Å². The Morgan fingerprint density at radius 2 is 1.75 bits per heavy atom. The lowest BCUT2D eigenvalue weighted by Gasteiger charge is -2.38. The van der Waals surface area contributed by atoms with E-state index in [2.05, 4.69) is 6.07 Å². The van der Waals surface area contributed by atoms with Crippen LogP contribution in [0.1, 0.15) is 35.4 Å². The van der Waals surface area contributed by atoms with Crippen LogP contribution >= 0.6 is 0 Å². The van der Waals surface area contributed by atoms with E-state index in [4.69, 9.17) is 14.6 Å². The van der Waals surface area contributed by atoms with Gasteiger partial charge in [0.1, 0.15) is 17.3 Å². The molecule has 0 saturated heterocycles. The highest BCUT2D eigenvalue weighted by atomic mass is 19.1. The molecule has 0 unspecified atom stereocenters. The van der Waals surface area contributed by atoms with Gasteiger partial charge in [0.2, 0.25) is 6.23 Å². The number of benzene rings is 3. The van der Waals surface area contributed by atoms with Crippen LogP contribution in [0.3, 0.4) is 0 Å². The highest BCUT2D eigenvalue weighted by Gasteiger charge is 2.40. The van der Waals surface area contributed by atoms with Gasteiger partial charge in [0, 0.05) is 17.5 Å². The lowest BCUT2D eigenvalue weighted by atomic mass is 9.96. The number of hydrogen-bond acceptors (Lipinski definition) is 4. The maximum absolute atomic E-state index is 13.4. The second-order valence-corrected chi connectivity index (χ2v) is 6.93. The van der Waals surface area contributed by atoms with Gasteiger partial charge in [0.05, 0.1) is 18.9 Å².